The molecule has 1 atom stereocenters. The van der Waals surface area contributed by atoms with Gasteiger partial charge in [0.15, 0.2) is 5.82 Å². The van der Waals surface area contributed by atoms with Crippen molar-refractivity contribution in [1.29, 1.82) is 0 Å². The van der Waals surface area contributed by atoms with Gasteiger partial charge in [0.25, 0.3) is 5.89 Å². The van der Waals surface area contributed by atoms with Crippen molar-refractivity contribution in [2.45, 2.75) is 32.2 Å². The van der Waals surface area contributed by atoms with Gasteiger partial charge in [-0.25, -0.2) is 0 Å². The summed E-state index contributed by atoms with van der Waals surface area (Å²) < 4.78 is 11.0. The summed E-state index contributed by atoms with van der Waals surface area (Å²) in [6.07, 6.45) is 3.48. The summed E-state index contributed by atoms with van der Waals surface area (Å²) in [5, 5.41) is 7.54. The molecule has 2 heterocycles. The molecule has 0 bridgehead atoms. The minimum atomic E-state index is 0.209. The van der Waals surface area contributed by atoms with Crippen LogP contribution in [-0.2, 0) is 0 Å². The summed E-state index contributed by atoms with van der Waals surface area (Å²) in [6.45, 7) is 3.59. The summed E-state index contributed by atoms with van der Waals surface area (Å²) >= 11 is 0. The zero-order valence-corrected chi connectivity index (χ0v) is 11.6. The second-order valence-corrected chi connectivity index (χ2v) is 4.89. The van der Waals surface area contributed by atoms with Gasteiger partial charge in [0.2, 0.25) is 0 Å². The van der Waals surface area contributed by atoms with Crippen molar-refractivity contribution in [3.8, 4) is 17.2 Å². The third kappa shape index (κ3) is 2.67. The summed E-state index contributed by atoms with van der Waals surface area (Å²) in [4.78, 5) is 4.53. The molecule has 0 radical (unpaired) electrons. The van der Waals surface area contributed by atoms with E-state index in [9.17, 15) is 0 Å². The number of hydrogen-bond donors (Lipinski definition) is 1. The van der Waals surface area contributed by atoms with Crippen molar-refractivity contribution in [3.05, 3.63) is 30.1 Å². The Morgan fingerprint density at radius 3 is 3.05 bits per heavy atom. The molecule has 0 aliphatic carbocycles. The number of nitrogens with zero attached hydrogens (tertiary/aromatic N) is 2. The summed E-state index contributed by atoms with van der Waals surface area (Å²) in [5.41, 5.74) is 0.851. The zero-order chi connectivity index (χ0) is 13.8. The molecule has 106 valence electrons. The highest BCUT2D eigenvalue weighted by Crippen LogP contribution is 2.30. The van der Waals surface area contributed by atoms with Crippen LogP contribution in [0.4, 0.5) is 0 Å². The Bertz CT molecular complexity index is 562. The van der Waals surface area contributed by atoms with Crippen molar-refractivity contribution < 1.29 is 9.26 Å². The van der Waals surface area contributed by atoms with Gasteiger partial charge in [-0.15, -0.1) is 0 Å². The minimum Gasteiger partial charge on any atom is -0.493 e. The van der Waals surface area contributed by atoms with Gasteiger partial charge in [0, 0.05) is 0 Å². The average Bonchev–Trinajstić information content (AvgIpc) is 2.99. The number of benzene rings is 1. The number of nitrogens with one attached hydrogen (secondary N) is 1. The molecule has 20 heavy (non-hydrogen) atoms. The molecule has 1 aromatic heterocycles. The molecular formula is C15H19N3O2. The fourth-order valence-electron chi connectivity index (χ4n) is 2.48. The maximum Gasteiger partial charge on any atom is 0.261 e. The molecule has 0 amide bonds. The first-order chi connectivity index (χ1) is 9.88. The fourth-order valence-corrected chi connectivity index (χ4v) is 2.48. The van der Waals surface area contributed by atoms with Crippen LogP contribution in [0.1, 0.15) is 38.1 Å². The zero-order valence-electron chi connectivity index (χ0n) is 11.6. The Hall–Kier alpha value is -1.88. The van der Waals surface area contributed by atoms with E-state index in [1.54, 1.807) is 0 Å². The lowest BCUT2D eigenvalue weighted by Gasteiger charge is -2.19. The number of ether oxygens (including phenoxy) is 1. The largest absolute Gasteiger partial charge is 0.493 e. The van der Waals surface area contributed by atoms with E-state index in [2.05, 4.69) is 15.5 Å². The molecule has 0 spiro atoms. The van der Waals surface area contributed by atoms with Gasteiger partial charge in [-0.3, -0.25) is 0 Å². The van der Waals surface area contributed by atoms with Crippen LogP contribution >= 0.6 is 0 Å². The van der Waals surface area contributed by atoms with Gasteiger partial charge < -0.3 is 14.6 Å². The summed E-state index contributed by atoms with van der Waals surface area (Å²) in [6, 6.07) is 7.95. The molecule has 5 heteroatoms. The standard InChI is InChI=1S/C15H19N3O2/c1-2-19-13-9-4-3-7-11(13)15-17-14(18-20-15)12-8-5-6-10-16-12/h3-4,7,9,12,16H,2,5-6,8,10H2,1H3. The second-order valence-electron chi connectivity index (χ2n) is 4.89. The molecule has 1 aromatic carbocycles. The number of aromatic nitrogens is 2. The smallest absolute Gasteiger partial charge is 0.261 e. The van der Waals surface area contributed by atoms with Crippen LogP contribution in [-0.4, -0.2) is 23.3 Å². The normalized spacial score (nSPS) is 18.9. The van der Waals surface area contributed by atoms with Crippen molar-refractivity contribution in [1.82, 2.24) is 15.5 Å². The van der Waals surface area contributed by atoms with Crippen LogP contribution < -0.4 is 10.1 Å². The first-order valence-electron chi connectivity index (χ1n) is 7.17. The number of piperidine rings is 1. The van der Waals surface area contributed by atoms with E-state index in [4.69, 9.17) is 9.26 Å². The first kappa shape index (κ1) is 13.1. The molecule has 0 saturated carbocycles. The van der Waals surface area contributed by atoms with Gasteiger partial charge in [0.05, 0.1) is 18.2 Å². The predicted molar refractivity (Wildman–Crippen MR) is 75.5 cm³/mol. The number of rotatable bonds is 4. The van der Waals surface area contributed by atoms with Crippen LogP contribution in [0, 0.1) is 0 Å². The van der Waals surface area contributed by atoms with Crippen LogP contribution in [0.5, 0.6) is 5.75 Å². The SMILES string of the molecule is CCOc1ccccc1-c1nc(C2CCCCN2)no1. The molecule has 1 N–H and O–H groups in total. The molecule has 1 fully saturated rings. The molecule has 1 saturated heterocycles. The lowest BCUT2D eigenvalue weighted by atomic mass is 10.0. The number of para-hydroxylation sites is 1. The molecule has 1 aliphatic rings. The summed E-state index contributed by atoms with van der Waals surface area (Å²) in [7, 11) is 0. The van der Waals surface area contributed by atoms with E-state index >= 15 is 0 Å². The van der Waals surface area contributed by atoms with Gasteiger partial charge >= 0.3 is 0 Å². The quantitative estimate of drug-likeness (QED) is 0.928. The Balaban J connectivity index is 1.86. The molecule has 2 aromatic rings. The van der Waals surface area contributed by atoms with Crippen LogP contribution in [0.15, 0.2) is 28.8 Å². The van der Waals surface area contributed by atoms with E-state index in [1.807, 2.05) is 31.2 Å². The van der Waals surface area contributed by atoms with Crippen molar-refractivity contribution >= 4 is 0 Å². The molecule has 3 rings (SSSR count). The Morgan fingerprint density at radius 2 is 2.25 bits per heavy atom. The third-order valence-electron chi connectivity index (χ3n) is 3.48. The number of hydrogen-bond acceptors (Lipinski definition) is 5. The molecule has 1 unspecified atom stereocenters. The highest BCUT2D eigenvalue weighted by molar-refractivity contribution is 5.62. The summed E-state index contributed by atoms with van der Waals surface area (Å²) in [5.74, 6) is 2.05. The van der Waals surface area contributed by atoms with Crippen molar-refractivity contribution in [2.75, 3.05) is 13.2 Å². The van der Waals surface area contributed by atoms with E-state index in [1.165, 1.54) is 12.8 Å². The highest BCUT2D eigenvalue weighted by Gasteiger charge is 2.21. The third-order valence-corrected chi connectivity index (χ3v) is 3.48. The van der Waals surface area contributed by atoms with E-state index in [0.29, 0.717) is 12.5 Å². The molecule has 5 nitrogen and oxygen atoms in total. The van der Waals surface area contributed by atoms with Crippen LogP contribution in [0.25, 0.3) is 11.5 Å². The monoisotopic (exact) mass is 273 g/mol. The molecular weight excluding hydrogens is 254 g/mol. The van der Waals surface area contributed by atoms with E-state index in [0.717, 1.165) is 30.1 Å². The second kappa shape index (κ2) is 6.05. The highest BCUT2D eigenvalue weighted by atomic mass is 16.5. The van der Waals surface area contributed by atoms with Crippen LogP contribution in [0.3, 0.4) is 0 Å². The van der Waals surface area contributed by atoms with Gasteiger partial charge in [-0.1, -0.05) is 23.7 Å². The van der Waals surface area contributed by atoms with E-state index < -0.39 is 0 Å². The van der Waals surface area contributed by atoms with Gasteiger partial charge in [-0.05, 0) is 38.4 Å². The van der Waals surface area contributed by atoms with Gasteiger partial charge in [0.1, 0.15) is 5.75 Å². The lowest BCUT2D eigenvalue weighted by molar-refractivity contribution is 0.338. The predicted octanol–water partition coefficient (Wildman–Crippen LogP) is 2.95. The lowest BCUT2D eigenvalue weighted by Crippen LogP contribution is -2.27. The topological polar surface area (TPSA) is 60.2 Å². The first-order valence-corrected chi connectivity index (χ1v) is 7.17. The Morgan fingerprint density at radius 1 is 1.35 bits per heavy atom. The van der Waals surface area contributed by atoms with Crippen molar-refractivity contribution in [2.24, 2.45) is 0 Å². The van der Waals surface area contributed by atoms with Crippen LogP contribution in [0.2, 0.25) is 0 Å². The Labute approximate surface area is 118 Å². The van der Waals surface area contributed by atoms with Crippen molar-refractivity contribution in [3.63, 3.8) is 0 Å². The maximum atomic E-state index is 5.60. The minimum absolute atomic E-state index is 0.209. The van der Waals surface area contributed by atoms with E-state index in [-0.39, 0.29) is 6.04 Å². The van der Waals surface area contributed by atoms with Gasteiger partial charge in [-0.2, -0.15) is 4.98 Å². The maximum absolute atomic E-state index is 5.60. The fraction of sp³-hybridized carbons (Fsp3) is 0.467. The molecule has 1 aliphatic heterocycles. The Kier molecular flexibility index (Phi) is 3.97. The average molecular weight is 273 g/mol.